The predicted octanol–water partition coefficient (Wildman–Crippen LogP) is -1.66. The van der Waals surface area contributed by atoms with Gasteiger partial charge in [0.2, 0.25) is 0 Å². The predicted molar refractivity (Wildman–Crippen MR) is 7.23 cm³/mol. The zero-order valence-corrected chi connectivity index (χ0v) is 9.19. The molecule has 0 saturated heterocycles. The average molecular weight is 613 g/mol. The average Bonchev–Trinajstić information content (AvgIpc) is 0. The van der Waals surface area contributed by atoms with Crippen LogP contribution in [0.25, 0.3) is 0 Å². The summed E-state index contributed by atoms with van der Waals surface area (Å²) in [7, 11) is 0. The molecule has 2 nitrogen and oxygen atoms in total. The van der Waals surface area contributed by atoms with E-state index in [0.717, 1.165) is 0 Å². The van der Waals surface area contributed by atoms with Gasteiger partial charge in [0, 0.05) is 60.3 Å². The second kappa shape index (κ2) is 39.8. The van der Waals surface area contributed by atoms with Crippen LogP contribution in [0.3, 0.4) is 0 Å². The van der Waals surface area contributed by atoms with Crippen LogP contribution < -0.4 is 0 Å². The van der Waals surface area contributed by atoms with Crippen LogP contribution in [0.5, 0.6) is 0 Å². The number of rotatable bonds is 0. The molecule has 0 saturated carbocycles. The molecule has 0 fully saturated rings. The molecule has 3 radical (unpaired) electrons. The summed E-state index contributed by atoms with van der Waals surface area (Å²) in [6, 6.07) is 0. The van der Waals surface area contributed by atoms with Gasteiger partial charge in [-0.3, -0.25) is 0 Å². The molecule has 5 heteroatoms. The Hall–Kier alpha value is 1.87. The van der Waals surface area contributed by atoms with E-state index in [4.69, 9.17) is 0 Å². The van der Waals surface area contributed by atoms with Crippen LogP contribution >= 0.6 is 0 Å². The Bertz CT molecular complexity index is 4.85. The molecule has 0 heterocycles. The Kier molecular flexibility index (Phi) is 540. The van der Waals surface area contributed by atoms with Crippen LogP contribution in [0.4, 0.5) is 0 Å². The molecule has 43 valence electrons. The second-order valence-corrected chi connectivity index (χ2v) is 0. The largest absolute Gasteiger partial charge is 0.412 e. The fourth-order valence-corrected chi connectivity index (χ4v) is 0. The van der Waals surface area contributed by atoms with Gasteiger partial charge in [0.1, 0.15) is 0 Å². The molecule has 0 aliphatic carbocycles. The summed E-state index contributed by atoms with van der Waals surface area (Å²) in [5, 5.41) is 0. The van der Waals surface area contributed by atoms with E-state index < -0.39 is 0 Å². The van der Waals surface area contributed by atoms with Gasteiger partial charge in [-0.25, -0.2) is 0 Å². The second-order valence-electron chi connectivity index (χ2n) is 0. The van der Waals surface area contributed by atoms with Crippen LogP contribution in [-0.2, 0) is 60.3 Å². The molecule has 0 aromatic rings. The van der Waals surface area contributed by atoms with Crippen molar-refractivity contribution in [2.24, 2.45) is 0 Å². The van der Waals surface area contributed by atoms with Crippen molar-refractivity contribution in [3.8, 4) is 0 Å². The third kappa shape index (κ3) is 25.2. The molecule has 0 aliphatic heterocycles. The third-order valence-electron chi connectivity index (χ3n) is 0. The van der Waals surface area contributed by atoms with E-state index in [0.29, 0.717) is 0 Å². The maximum absolute atomic E-state index is 0. The molecule has 5 heavy (non-hydrogen) atoms. The molecule has 0 atom stereocenters. The van der Waals surface area contributed by atoms with Gasteiger partial charge >= 0.3 is 0 Å². The maximum atomic E-state index is 0. The molecule has 0 rings (SSSR count). The van der Waals surface area contributed by atoms with Gasteiger partial charge in [-0.1, -0.05) is 0 Å². The number of hydrogen-bond donors (Lipinski definition) is 0. The topological polar surface area (TPSA) is 63.0 Å². The summed E-state index contributed by atoms with van der Waals surface area (Å²) in [6.45, 7) is 0. The fraction of sp³-hybridized carbons (Fsp3) is 0. The molecular weight excluding hydrogens is 609 g/mol. The summed E-state index contributed by atoms with van der Waals surface area (Å²) >= 11 is 0. The minimum absolute atomic E-state index is 0. The molecule has 0 aromatic heterocycles. The Balaban J connectivity index is 0. The molecule has 0 bridgehead atoms. The monoisotopic (exact) mass is 615 g/mol. The molecule has 0 unspecified atom stereocenters. The zero-order valence-electron chi connectivity index (χ0n) is 2.00. The minimum Gasteiger partial charge on any atom is -0.412 e. The van der Waals surface area contributed by atoms with Gasteiger partial charge in [-0.2, -0.15) is 0 Å². The van der Waals surface area contributed by atoms with Gasteiger partial charge in [0.05, 0.1) is 0 Å². The van der Waals surface area contributed by atoms with Crippen molar-refractivity contribution in [1.29, 1.82) is 0 Å². The first-order chi connectivity index (χ1) is 0. The van der Waals surface area contributed by atoms with Crippen molar-refractivity contribution in [2.75, 3.05) is 0 Å². The normalized spacial score (nSPS) is 0. The standard InChI is InChI=1S/3Ir.2H2O/h;;;2*1H2. The van der Waals surface area contributed by atoms with E-state index in [1.807, 2.05) is 0 Å². The van der Waals surface area contributed by atoms with Gasteiger partial charge in [-0.15, -0.1) is 0 Å². The van der Waals surface area contributed by atoms with Crippen LogP contribution in [0.15, 0.2) is 0 Å². The van der Waals surface area contributed by atoms with Crippen LogP contribution in [-0.4, -0.2) is 11.0 Å². The van der Waals surface area contributed by atoms with E-state index >= 15 is 0 Å². The maximum Gasteiger partial charge on any atom is 0 e. The summed E-state index contributed by atoms with van der Waals surface area (Å²) in [6.07, 6.45) is 0. The molecule has 4 N–H and O–H groups in total. The zero-order chi connectivity index (χ0) is 0. The first-order valence-electron chi connectivity index (χ1n) is 0. The Morgan fingerprint density at radius 1 is 0.400 bits per heavy atom. The minimum atomic E-state index is 0. The van der Waals surface area contributed by atoms with E-state index in [1.54, 1.807) is 0 Å². The van der Waals surface area contributed by atoms with Crippen molar-refractivity contribution in [3.05, 3.63) is 0 Å². The number of hydrogen-bond acceptors (Lipinski definition) is 0. The van der Waals surface area contributed by atoms with Crippen LogP contribution in [0.1, 0.15) is 0 Å². The summed E-state index contributed by atoms with van der Waals surface area (Å²) in [4.78, 5) is 0. The van der Waals surface area contributed by atoms with Crippen molar-refractivity contribution < 1.29 is 71.3 Å². The summed E-state index contributed by atoms with van der Waals surface area (Å²) in [5.74, 6) is 0. The van der Waals surface area contributed by atoms with Crippen molar-refractivity contribution in [3.63, 3.8) is 0 Å². The van der Waals surface area contributed by atoms with Gasteiger partial charge in [-0.05, 0) is 0 Å². The smallest absolute Gasteiger partial charge is 0 e. The van der Waals surface area contributed by atoms with Crippen molar-refractivity contribution in [1.82, 2.24) is 0 Å². The quantitative estimate of drug-likeness (QED) is 0.315. The first kappa shape index (κ1) is 67.8. The molecule has 0 spiro atoms. The summed E-state index contributed by atoms with van der Waals surface area (Å²) < 4.78 is 0. The van der Waals surface area contributed by atoms with Gasteiger partial charge in [0.15, 0.2) is 0 Å². The molecule has 0 amide bonds. The van der Waals surface area contributed by atoms with Gasteiger partial charge in [0.25, 0.3) is 0 Å². The van der Waals surface area contributed by atoms with E-state index in [-0.39, 0.29) is 71.3 Å². The Morgan fingerprint density at radius 3 is 0.400 bits per heavy atom. The third-order valence-corrected chi connectivity index (χ3v) is 0. The summed E-state index contributed by atoms with van der Waals surface area (Å²) in [5.41, 5.74) is 0. The van der Waals surface area contributed by atoms with Crippen LogP contribution in [0.2, 0.25) is 0 Å². The van der Waals surface area contributed by atoms with Gasteiger partial charge < -0.3 is 11.0 Å². The fourth-order valence-electron chi connectivity index (χ4n) is 0. The van der Waals surface area contributed by atoms with Crippen molar-refractivity contribution in [2.45, 2.75) is 0 Å². The van der Waals surface area contributed by atoms with E-state index in [1.165, 1.54) is 0 Å². The molecular formula is H4Ir3O2. The van der Waals surface area contributed by atoms with E-state index in [9.17, 15) is 0 Å². The molecule has 0 aromatic carbocycles. The SMILES string of the molecule is O.O.[Ir].[Ir].[Ir]. The van der Waals surface area contributed by atoms with Crippen LogP contribution in [0, 0.1) is 0 Å². The van der Waals surface area contributed by atoms with E-state index in [2.05, 4.69) is 0 Å². The Labute approximate surface area is 70.8 Å². The Morgan fingerprint density at radius 2 is 0.400 bits per heavy atom. The molecule has 0 aliphatic rings. The van der Waals surface area contributed by atoms with Crippen molar-refractivity contribution >= 4 is 0 Å². The first-order valence-corrected chi connectivity index (χ1v) is 0.